The monoisotopic (exact) mass is 309 g/mol. The van der Waals surface area contributed by atoms with Gasteiger partial charge in [-0.3, -0.25) is 0 Å². The van der Waals surface area contributed by atoms with Crippen LogP contribution in [-0.4, -0.2) is 44.1 Å². The standard InChI is InChI=1S/C16H15N5O2/c1-9-2-3-11-12(6-9)20-14(19-11)10-7-21(8-10)15-13(16(22)23)17-4-5-18-15/h2-6,10H,7-8H2,1H3,(H,19,20)(H,22,23). The van der Waals surface area contributed by atoms with Crippen LogP contribution in [-0.2, 0) is 0 Å². The topological polar surface area (TPSA) is 95.0 Å². The maximum Gasteiger partial charge on any atom is 0.358 e. The van der Waals surface area contributed by atoms with Crippen molar-refractivity contribution >= 4 is 22.8 Å². The lowest BCUT2D eigenvalue weighted by Crippen LogP contribution is -2.46. The number of fused-ring (bicyclic) bond motifs is 1. The van der Waals surface area contributed by atoms with Gasteiger partial charge in [-0.25, -0.2) is 19.7 Å². The van der Waals surface area contributed by atoms with Crippen molar-refractivity contribution in [1.82, 2.24) is 19.9 Å². The number of anilines is 1. The van der Waals surface area contributed by atoms with Gasteiger partial charge in [0, 0.05) is 25.5 Å². The summed E-state index contributed by atoms with van der Waals surface area (Å²) in [4.78, 5) is 29.2. The molecule has 3 heterocycles. The summed E-state index contributed by atoms with van der Waals surface area (Å²) in [6.07, 6.45) is 2.91. The second kappa shape index (κ2) is 5.05. The molecule has 1 aromatic carbocycles. The number of carbonyl (C=O) groups is 1. The molecule has 0 aliphatic carbocycles. The Hall–Kier alpha value is -2.96. The average Bonchev–Trinajstić information content (AvgIpc) is 2.88. The highest BCUT2D eigenvalue weighted by Crippen LogP contribution is 2.31. The maximum absolute atomic E-state index is 11.2. The molecule has 0 amide bonds. The van der Waals surface area contributed by atoms with E-state index in [1.54, 1.807) is 0 Å². The third kappa shape index (κ3) is 2.30. The van der Waals surface area contributed by atoms with E-state index in [1.807, 2.05) is 24.0 Å². The number of aromatic amines is 1. The fourth-order valence-corrected chi connectivity index (χ4v) is 2.87. The molecule has 2 N–H and O–H groups in total. The van der Waals surface area contributed by atoms with Gasteiger partial charge >= 0.3 is 5.97 Å². The number of nitrogens with one attached hydrogen (secondary N) is 1. The Labute approximate surface area is 132 Å². The fraction of sp³-hybridized carbons (Fsp3) is 0.250. The number of benzene rings is 1. The molecule has 0 radical (unpaired) electrons. The minimum atomic E-state index is -1.06. The second-order valence-corrected chi connectivity index (χ2v) is 5.78. The predicted molar refractivity (Wildman–Crippen MR) is 84.8 cm³/mol. The summed E-state index contributed by atoms with van der Waals surface area (Å²) in [6, 6.07) is 6.12. The normalized spacial score (nSPS) is 14.9. The van der Waals surface area contributed by atoms with E-state index in [0.29, 0.717) is 18.9 Å². The van der Waals surface area contributed by atoms with E-state index in [2.05, 4.69) is 26.0 Å². The minimum Gasteiger partial charge on any atom is -0.476 e. The Morgan fingerprint density at radius 1 is 1.30 bits per heavy atom. The number of aromatic nitrogens is 4. The average molecular weight is 309 g/mol. The van der Waals surface area contributed by atoms with Gasteiger partial charge in [-0.15, -0.1) is 0 Å². The Morgan fingerprint density at radius 3 is 2.87 bits per heavy atom. The van der Waals surface area contributed by atoms with E-state index in [0.717, 1.165) is 16.9 Å². The van der Waals surface area contributed by atoms with Crippen LogP contribution in [0.25, 0.3) is 11.0 Å². The van der Waals surface area contributed by atoms with Crippen molar-refractivity contribution < 1.29 is 9.90 Å². The fourth-order valence-electron chi connectivity index (χ4n) is 2.87. The van der Waals surface area contributed by atoms with Crippen molar-refractivity contribution in [2.24, 2.45) is 0 Å². The van der Waals surface area contributed by atoms with Crippen LogP contribution in [0.5, 0.6) is 0 Å². The number of hydrogen-bond donors (Lipinski definition) is 2. The van der Waals surface area contributed by atoms with Crippen molar-refractivity contribution in [3.63, 3.8) is 0 Å². The van der Waals surface area contributed by atoms with Crippen molar-refractivity contribution in [3.05, 3.63) is 47.7 Å². The molecule has 23 heavy (non-hydrogen) atoms. The van der Waals surface area contributed by atoms with E-state index in [-0.39, 0.29) is 11.6 Å². The molecule has 0 bridgehead atoms. The molecule has 0 spiro atoms. The quantitative estimate of drug-likeness (QED) is 0.768. The molecule has 7 nitrogen and oxygen atoms in total. The van der Waals surface area contributed by atoms with E-state index < -0.39 is 5.97 Å². The van der Waals surface area contributed by atoms with Crippen LogP contribution >= 0.6 is 0 Å². The molecular weight excluding hydrogens is 294 g/mol. The van der Waals surface area contributed by atoms with Gasteiger partial charge in [0.2, 0.25) is 0 Å². The predicted octanol–water partition coefficient (Wildman–Crippen LogP) is 1.96. The van der Waals surface area contributed by atoms with Gasteiger partial charge in [-0.1, -0.05) is 6.07 Å². The lowest BCUT2D eigenvalue weighted by atomic mass is 9.99. The first-order chi connectivity index (χ1) is 11.1. The van der Waals surface area contributed by atoms with Crippen LogP contribution in [0.4, 0.5) is 5.82 Å². The molecule has 1 fully saturated rings. The van der Waals surface area contributed by atoms with Crippen molar-refractivity contribution in [3.8, 4) is 0 Å². The first-order valence-electron chi connectivity index (χ1n) is 7.37. The summed E-state index contributed by atoms with van der Waals surface area (Å²) in [6.45, 7) is 3.40. The molecule has 3 aromatic rings. The Morgan fingerprint density at radius 2 is 2.09 bits per heavy atom. The van der Waals surface area contributed by atoms with Gasteiger partial charge in [0.1, 0.15) is 5.82 Å². The molecule has 1 aliphatic heterocycles. The minimum absolute atomic E-state index is 0.00817. The number of nitrogens with zero attached hydrogens (tertiary/aromatic N) is 4. The Kier molecular flexibility index (Phi) is 3.00. The second-order valence-electron chi connectivity index (χ2n) is 5.78. The lowest BCUT2D eigenvalue weighted by molar-refractivity contribution is 0.0690. The number of carboxylic acid groups (broad SMARTS) is 1. The Bertz CT molecular complexity index is 898. The van der Waals surface area contributed by atoms with Crippen molar-refractivity contribution in [1.29, 1.82) is 0 Å². The summed E-state index contributed by atoms with van der Waals surface area (Å²) in [7, 11) is 0. The zero-order chi connectivity index (χ0) is 16.0. The Balaban J connectivity index is 1.56. The van der Waals surface area contributed by atoms with E-state index >= 15 is 0 Å². The lowest BCUT2D eigenvalue weighted by Gasteiger charge is -2.39. The number of rotatable bonds is 3. The van der Waals surface area contributed by atoms with Crippen LogP contribution in [0.1, 0.15) is 27.8 Å². The zero-order valence-electron chi connectivity index (χ0n) is 12.5. The van der Waals surface area contributed by atoms with Crippen LogP contribution in [0, 0.1) is 6.92 Å². The van der Waals surface area contributed by atoms with Gasteiger partial charge in [0.25, 0.3) is 0 Å². The zero-order valence-corrected chi connectivity index (χ0v) is 12.5. The highest BCUT2D eigenvalue weighted by molar-refractivity contribution is 5.91. The number of aromatic carboxylic acids is 1. The maximum atomic E-state index is 11.2. The molecule has 4 rings (SSSR count). The highest BCUT2D eigenvalue weighted by atomic mass is 16.4. The van der Waals surface area contributed by atoms with Gasteiger partial charge < -0.3 is 15.0 Å². The molecule has 2 aromatic heterocycles. The number of carboxylic acids is 1. The number of H-pyrrole nitrogens is 1. The van der Waals surface area contributed by atoms with Gasteiger partial charge in [-0.2, -0.15) is 0 Å². The molecule has 0 saturated carbocycles. The van der Waals surface area contributed by atoms with E-state index in [4.69, 9.17) is 0 Å². The molecule has 7 heteroatoms. The highest BCUT2D eigenvalue weighted by Gasteiger charge is 2.34. The molecular formula is C16H15N5O2. The summed E-state index contributed by atoms with van der Waals surface area (Å²) in [5.41, 5.74) is 3.17. The van der Waals surface area contributed by atoms with E-state index in [1.165, 1.54) is 18.0 Å². The van der Waals surface area contributed by atoms with E-state index in [9.17, 15) is 9.90 Å². The number of hydrogen-bond acceptors (Lipinski definition) is 5. The molecule has 1 saturated heterocycles. The van der Waals surface area contributed by atoms with Crippen molar-refractivity contribution in [2.45, 2.75) is 12.8 Å². The van der Waals surface area contributed by atoms with Gasteiger partial charge in [0.15, 0.2) is 11.5 Å². The first kappa shape index (κ1) is 13.7. The molecule has 0 atom stereocenters. The molecule has 1 aliphatic rings. The van der Waals surface area contributed by atoms with Crippen LogP contribution < -0.4 is 4.90 Å². The SMILES string of the molecule is Cc1ccc2nc(C3CN(c4nccnc4C(=O)O)C3)[nH]c2c1. The number of aryl methyl sites for hydroxylation is 1. The number of imidazole rings is 1. The third-order valence-electron chi connectivity index (χ3n) is 4.10. The molecule has 116 valence electrons. The van der Waals surface area contributed by atoms with Crippen molar-refractivity contribution in [2.75, 3.05) is 18.0 Å². The summed E-state index contributed by atoms with van der Waals surface area (Å²) in [5.74, 6) is 0.535. The van der Waals surface area contributed by atoms with Gasteiger partial charge in [0.05, 0.1) is 17.0 Å². The molecule has 0 unspecified atom stereocenters. The van der Waals surface area contributed by atoms with Crippen LogP contribution in [0.3, 0.4) is 0 Å². The smallest absolute Gasteiger partial charge is 0.358 e. The third-order valence-corrected chi connectivity index (χ3v) is 4.10. The van der Waals surface area contributed by atoms with Crippen LogP contribution in [0.2, 0.25) is 0 Å². The van der Waals surface area contributed by atoms with Gasteiger partial charge in [-0.05, 0) is 24.6 Å². The largest absolute Gasteiger partial charge is 0.476 e. The summed E-state index contributed by atoms with van der Waals surface area (Å²) < 4.78 is 0. The summed E-state index contributed by atoms with van der Waals surface area (Å²) >= 11 is 0. The first-order valence-corrected chi connectivity index (χ1v) is 7.37. The summed E-state index contributed by atoms with van der Waals surface area (Å²) in [5, 5.41) is 9.19. The van der Waals surface area contributed by atoms with Crippen LogP contribution in [0.15, 0.2) is 30.6 Å².